The van der Waals surface area contributed by atoms with Crippen molar-refractivity contribution in [2.24, 2.45) is 0 Å². The quantitative estimate of drug-likeness (QED) is 0.0250. The Kier molecular flexibility index (Phi) is 18.1. The number of aryl methyl sites for hydroxylation is 1. The molecule has 1 unspecified atom stereocenters. The fourth-order valence-corrected chi connectivity index (χ4v) is 8.20. The van der Waals surface area contributed by atoms with Crippen molar-refractivity contribution in [1.82, 2.24) is 15.5 Å². The van der Waals surface area contributed by atoms with Crippen LogP contribution in [0.25, 0.3) is 0 Å². The van der Waals surface area contributed by atoms with E-state index in [1.807, 2.05) is 91.0 Å². The summed E-state index contributed by atoms with van der Waals surface area (Å²) in [6.45, 7) is 10.7. The number of hydrogen-bond donors (Lipinski definition) is 2. The lowest BCUT2D eigenvalue weighted by molar-refractivity contribution is -0.162. The highest BCUT2D eigenvalue weighted by molar-refractivity contribution is 5.89. The standard InChI is InChI=1S/C51H63N3O7/c1-5-20-38(4)40-30-32-43(33-31-40)51(41-23-13-9-14-24-41,42-25-15-10-16-26-42)61-49(57)46-28-19-36-54(46)47(55)44(27-17-18-35-52-50(58)60-37-6-2)53-45(48(56)59-7-3)34-29-39-21-11-8-12-22-39/h6,8-16,21-26,30-33,38,44-46,53H,2,5,7,17-20,27-29,34-37H2,1,3-4H3,(H,52,58)/t38-,44+,45?,46+/m1/s1. The highest BCUT2D eigenvalue weighted by Gasteiger charge is 2.46. The molecule has 10 heteroatoms. The molecule has 1 aliphatic rings. The van der Waals surface area contributed by atoms with Gasteiger partial charge in [-0.15, -0.1) is 0 Å². The minimum absolute atomic E-state index is 0.104. The maximum atomic E-state index is 14.9. The number of likely N-dealkylation sites (tertiary alicyclic amines) is 1. The molecule has 4 aromatic rings. The van der Waals surface area contributed by atoms with E-state index in [0.29, 0.717) is 64.0 Å². The molecule has 4 atom stereocenters. The highest BCUT2D eigenvalue weighted by Crippen LogP contribution is 2.42. The lowest BCUT2D eigenvalue weighted by Gasteiger charge is -2.37. The van der Waals surface area contributed by atoms with E-state index in [0.717, 1.165) is 35.1 Å². The molecule has 0 radical (unpaired) electrons. The number of hydrogen-bond acceptors (Lipinski definition) is 8. The topological polar surface area (TPSA) is 123 Å². The summed E-state index contributed by atoms with van der Waals surface area (Å²) in [5.41, 5.74) is 3.34. The average Bonchev–Trinajstić information content (AvgIpc) is 3.79. The van der Waals surface area contributed by atoms with Gasteiger partial charge in [0.2, 0.25) is 5.91 Å². The summed E-state index contributed by atoms with van der Waals surface area (Å²) in [5, 5.41) is 6.11. The molecular weight excluding hydrogens is 767 g/mol. The molecule has 0 bridgehead atoms. The number of unbranched alkanes of at least 4 members (excludes halogenated alkanes) is 1. The average molecular weight is 830 g/mol. The van der Waals surface area contributed by atoms with Crippen molar-refractivity contribution in [3.63, 3.8) is 0 Å². The molecule has 10 nitrogen and oxygen atoms in total. The molecule has 5 rings (SSSR count). The lowest BCUT2D eigenvalue weighted by atomic mass is 9.79. The predicted molar refractivity (Wildman–Crippen MR) is 239 cm³/mol. The highest BCUT2D eigenvalue weighted by atomic mass is 16.6. The van der Waals surface area contributed by atoms with Gasteiger partial charge >= 0.3 is 18.0 Å². The maximum Gasteiger partial charge on any atom is 0.407 e. The van der Waals surface area contributed by atoms with Crippen molar-refractivity contribution >= 4 is 23.9 Å². The largest absolute Gasteiger partial charge is 0.465 e. The van der Waals surface area contributed by atoms with Crippen molar-refractivity contribution in [1.29, 1.82) is 0 Å². The predicted octanol–water partition coefficient (Wildman–Crippen LogP) is 9.02. The van der Waals surface area contributed by atoms with E-state index < -0.39 is 41.8 Å². The Balaban J connectivity index is 1.45. The number of ether oxygens (including phenoxy) is 3. The Hall–Kier alpha value is -5.74. The zero-order valence-electron chi connectivity index (χ0n) is 36.1. The molecule has 1 saturated heterocycles. The van der Waals surface area contributed by atoms with Gasteiger partial charge in [0.15, 0.2) is 5.60 Å². The summed E-state index contributed by atoms with van der Waals surface area (Å²) >= 11 is 0. The van der Waals surface area contributed by atoms with Crippen LogP contribution in [0, 0.1) is 0 Å². The second-order valence-electron chi connectivity index (χ2n) is 15.7. The van der Waals surface area contributed by atoms with Crippen LogP contribution in [0.4, 0.5) is 4.79 Å². The Labute approximate surface area is 362 Å². The zero-order chi connectivity index (χ0) is 43.5. The van der Waals surface area contributed by atoms with Crippen LogP contribution in [-0.4, -0.2) is 73.3 Å². The summed E-state index contributed by atoms with van der Waals surface area (Å²) in [6.07, 6.45) is 6.57. The van der Waals surface area contributed by atoms with E-state index in [2.05, 4.69) is 55.3 Å². The van der Waals surface area contributed by atoms with Crippen molar-refractivity contribution < 1.29 is 33.4 Å². The molecule has 0 spiro atoms. The van der Waals surface area contributed by atoms with Crippen LogP contribution in [0.2, 0.25) is 0 Å². The second kappa shape index (κ2) is 23.9. The lowest BCUT2D eigenvalue weighted by Crippen LogP contribution is -2.55. The molecule has 1 fully saturated rings. The molecular formula is C51H63N3O7. The van der Waals surface area contributed by atoms with Crippen LogP contribution in [0.3, 0.4) is 0 Å². The fourth-order valence-electron chi connectivity index (χ4n) is 8.20. The van der Waals surface area contributed by atoms with Gasteiger partial charge < -0.3 is 24.4 Å². The maximum absolute atomic E-state index is 14.9. The number of amides is 2. The monoisotopic (exact) mass is 829 g/mol. The molecule has 324 valence electrons. The number of alkyl carbamates (subject to hydrolysis) is 1. The summed E-state index contributed by atoms with van der Waals surface area (Å²) in [4.78, 5) is 56.9. The van der Waals surface area contributed by atoms with Crippen LogP contribution in [0.1, 0.15) is 106 Å². The van der Waals surface area contributed by atoms with Crippen molar-refractivity contribution in [3.05, 3.63) is 156 Å². The Bertz CT molecular complexity index is 1930. The van der Waals surface area contributed by atoms with Gasteiger partial charge in [0.05, 0.1) is 12.6 Å². The molecule has 1 aliphatic heterocycles. The van der Waals surface area contributed by atoms with E-state index >= 15 is 0 Å². The molecule has 2 N–H and O–H groups in total. The van der Waals surface area contributed by atoms with E-state index in [-0.39, 0.29) is 19.1 Å². The normalized spacial score (nSPS) is 15.3. The number of nitrogens with zero attached hydrogens (tertiary/aromatic N) is 1. The first-order chi connectivity index (χ1) is 29.7. The van der Waals surface area contributed by atoms with Gasteiger partial charge in [-0.1, -0.05) is 148 Å². The smallest absolute Gasteiger partial charge is 0.407 e. The van der Waals surface area contributed by atoms with E-state index in [1.165, 1.54) is 11.6 Å². The minimum atomic E-state index is -1.31. The van der Waals surface area contributed by atoms with Crippen LogP contribution in [0.15, 0.2) is 128 Å². The van der Waals surface area contributed by atoms with Crippen LogP contribution in [-0.2, 0) is 40.6 Å². The molecule has 0 saturated carbocycles. The third-order valence-electron chi connectivity index (χ3n) is 11.4. The molecule has 1 heterocycles. The molecule has 0 aromatic heterocycles. The van der Waals surface area contributed by atoms with Gasteiger partial charge in [0, 0.05) is 29.8 Å². The number of benzene rings is 4. The van der Waals surface area contributed by atoms with Gasteiger partial charge in [-0.05, 0) is 75.3 Å². The van der Waals surface area contributed by atoms with Gasteiger partial charge in [-0.25, -0.2) is 9.59 Å². The van der Waals surface area contributed by atoms with Crippen LogP contribution >= 0.6 is 0 Å². The summed E-state index contributed by atoms with van der Waals surface area (Å²) in [6, 6.07) is 35.3. The van der Waals surface area contributed by atoms with Gasteiger partial charge in [0.1, 0.15) is 18.7 Å². The Morgan fingerprint density at radius 1 is 0.787 bits per heavy atom. The van der Waals surface area contributed by atoms with Crippen LogP contribution < -0.4 is 10.6 Å². The summed E-state index contributed by atoms with van der Waals surface area (Å²) in [7, 11) is 0. The van der Waals surface area contributed by atoms with Crippen LogP contribution in [0.5, 0.6) is 0 Å². The minimum Gasteiger partial charge on any atom is -0.465 e. The first kappa shape index (κ1) is 46.3. The summed E-state index contributed by atoms with van der Waals surface area (Å²) in [5.74, 6) is -0.855. The zero-order valence-corrected chi connectivity index (χ0v) is 36.1. The van der Waals surface area contributed by atoms with E-state index in [9.17, 15) is 19.2 Å². The number of carbonyl (C=O) groups excluding carboxylic acids is 4. The summed E-state index contributed by atoms with van der Waals surface area (Å²) < 4.78 is 17.4. The van der Waals surface area contributed by atoms with E-state index in [1.54, 1.807) is 11.8 Å². The number of carbonyl (C=O) groups is 4. The Morgan fingerprint density at radius 2 is 1.41 bits per heavy atom. The molecule has 2 amide bonds. The van der Waals surface area contributed by atoms with Crippen molar-refractivity contribution in [2.75, 3.05) is 26.3 Å². The molecule has 61 heavy (non-hydrogen) atoms. The number of rotatable bonds is 23. The number of nitrogens with one attached hydrogen (secondary N) is 2. The second-order valence-corrected chi connectivity index (χ2v) is 15.7. The van der Waals surface area contributed by atoms with Gasteiger partial charge in [-0.3, -0.25) is 14.9 Å². The van der Waals surface area contributed by atoms with Crippen molar-refractivity contribution in [2.45, 2.75) is 108 Å². The van der Waals surface area contributed by atoms with Gasteiger partial charge in [0.25, 0.3) is 0 Å². The first-order valence-corrected chi connectivity index (χ1v) is 21.9. The third kappa shape index (κ3) is 12.6. The first-order valence-electron chi connectivity index (χ1n) is 21.9. The molecule has 0 aliphatic carbocycles. The molecule has 4 aromatic carbocycles. The number of esters is 2. The Morgan fingerprint density at radius 3 is 2.02 bits per heavy atom. The third-order valence-corrected chi connectivity index (χ3v) is 11.4. The SMILES string of the molecule is C=CCOC(=O)NCCCC[C@H](NC(CCc1ccccc1)C(=O)OCC)C(=O)N1CCC[C@H]1C(=O)OC(c1ccccc1)(c1ccccc1)c1ccc([C@H](C)CCC)cc1. The van der Waals surface area contributed by atoms with Gasteiger partial charge in [-0.2, -0.15) is 0 Å². The van der Waals surface area contributed by atoms with E-state index in [4.69, 9.17) is 14.2 Å². The van der Waals surface area contributed by atoms with Crippen molar-refractivity contribution in [3.8, 4) is 0 Å². The fraction of sp³-hybridized carbons (Fsp3) is 0.412.